The molecule has 3 aromatic carbocycles. The van der Waals surface area contributed by atoms with Gasteiger partial charge >= 0.3 is 0 Å². The monoisotopic (exact) mass is 401 g/mol. The molecule has 6 heteroatoms. The van der Waals surface area contributed by atoms with Crippen LogP contribution in [0, 0.1) is 6.92 Å². The number of rotatable bonds is 8. The molecule has 0 radical (unpaired) electrons. The van der Waals surface area contributed by atoms with Gasteiger partial charge in [0.25, 0.3) is 11.8 Å². The Bertz CT molecular complexity index is 998. The summed E-state index contributed by atoms with van der Waals surface area (Å²) in [6.45, 7) is 2.29. The van der Waals surface area contributed by atoms with E-state index in [0.717, 1.165) is 22.4 Å². The molecule has 3 aromatic rings. The van der Waals surface area contributed by atoms with Crippen molar-refractivity contribution in [3.8, 4) is 5.75 Å². The molecule has 0 fully saturated rings. The van der Waals surface area contributed by atoms with E-state index in [0.29, 0.717) is 12.2 Å². The third-order valence-electron chi connectivity index (χ3n) is 4.25. The summed E-state index contributed by atoms with van der Waals surface area (Å²) in [4.78, 5) is 23.8. The average Bonchev–Trinajstić information content (AvgIpc) is 2.78. The zero-order valence-electron chi connectivity index (χ0n) is 16.7. The molecule has 0 aromatic heterocycles. The van der Waals surface area contributed by atoms with Crippen molar-refractivity contribution in [1.82, 2.24) is 10.7 Å². The first kappa shape index (κ1) is 20.8. The Morgan fingerprint density at radius 3 is 2.33 bits per heavy atom. The number of aryl methyl sites for hydroxylation is 1. The topological polar surface area (TPSA) is 79.8 Å². The second-order valence-electron chi connectivity index (χ2n) is 6.69. The van der Waals surface area contributed by atoms with Gasteiger partial charge in [0.1, 0.15) is 12.4 Å². The van der Waals surface area contributed by atoms with Crippen molar-refractivity contribution in [2.24, 2.45) is 5.10 Å². The van der Waals surface area contributed by atoms with E-state index in [4.69, 9.17) is 4.74 Å². The molecule has 0 aliphatic heterocycles. The molecule has 0 heterocycles. The Balaban J connectivity index is 1.40. The summed E-state index contributed by atoms with van der Waals surface area (Å²) in [7, 11) is 0. The maximum absolute atomic E-state index is 12.0. The summed E-state index contributed by atoms with van der Waals surface area (Å²) in [6.07, 6.45) is 1.53. The zero-order chi connectivity index (χ0) is 21.2. The highest BCUT2D eigenvalue weighted by atomic mass is 16.5. The third kappa shape index (κ3) is 6.60. The molecule has 0 spiro atoms. The first-order valence-corrected chi connectivity index (χ1v) is 9.54. The van der Waals surface area contributed by atoms with Crippen LogP contribution >= 0.6 is 0 Å². The van der Waals surface area contributed by atoms with Crippen LogP contribution in [0.15, 0.2) is 84.0 Å². The molecule has 3 rings (SSSR count). The zero-order valence-corrected chi connectivity index (χ0v) is 16.7. The Morgan fingerprint density at radius 2 is 1.63 bits per heavy atom. The number of nitrogens with zero attached hydrogens (tertiary/aromatic N) is 1. The SMILES string of the molecule is Cc1ccc(C(=O)NCC(=O)N/N=C/c2ccc(OCc3ccccc3)cc2)cc1. The number of benzene rings is 3. The lowest BCUT2D eigenvalue weighted by Gasteiger charge is -2.06. The number of carbonyl (C=O) groups is 2. The van der Waals surface area contributed by atoms with Gasteiger partial charge in [-0.05, 0) is 54.4 Å². The average molecular weight is 401 g/mol. The molecule has 152 valence electrons. The van der Waals surface area contributed by atoms with Crippen molar-refractivity contribution in [1.29, 1.82) is 0 Å². The van der Waals surface area contributed by atoms with E-state index < -0.39 is 5.91 Å². The van der Waals surface area contributed by atoms with Crippen molar-refractivity contribution in [2.45, 2.75) is 13.5 Å². The van der Waals surface area contributed by atoms with Crippen molar-refractivity contribution in [2.75, 3.05) is 6.54 Å². The molecule has 0 saturated heterocycles. The van der Waals surface area contributed by atoms with E-state index in [-0.39, 0.29) is 12.5 Å². The maximum atomic E-state index is 12.0. The van der Waals surface area contributed by atoms with Crippen LogP contribution in [0.5, 0.6) is 5.75 Å². The predicted octanol–water partition coefficient (Wildman–Crippen LogP) is 3.45. The minimum atomic E-state index is -0.408. The van der Waals surface area contributed by atoms with E-state index in [2.05, 4.69) is 15.8 Å². The number of carbonyl (C=O) groups excluding carboxylic acids is 2. The van der Waals surface area contributed by atoms with E-state index in [1.807, 2.05) is 73.7 Å². The summed E-state index contributed by atoms with van der Waals surface area (Å²) in [5, 5.41) is 6.47. The Hall–Kier alpha value is -3.93. The van der Waals surface area contributed by atoms with Gasteiger partial charge in [-0.2, -0.15) is 5.10 Å². The molecular formula is C24H23N3O3. The van der Waals surface area contributed by atoms with Gasteiger partial charge in [0.05, 0.1) is 12.8 Å². The molecule has 0 bridgehead atoms. The van der Waals surface area contributed by atoms with Gasteiger partial charge in [0.15, 0.2) is 0 Å². The highest BCUT2D eigenvalue weighted by molar-refractivity contribution is 5.96. The largest absolute Gasteiger partial charge is 0.489 e. The van der Waals surface area contributed by atoms with Crippen LogP contribution in [0.2, 0.25) is 0 Å². The number of hydrogen-bond acceptors (Lipinski definition) is 4. The molecule has 0 aliphatic rings. The van der Waals surface area contributed by atoms with Crippen LogP contribution < -0.4 is 15.5 Å². The summed E-state index contributed by atoms with van der Waals surface area (Å²) >= 11 is 0. The maximum Gasteiger partial charge on any atom is 0.259 e. The fraction of sp³-hybridized carbons (Fsp3) is 0.125. The Kier molecular flexibility index (Phi) is 7.33. The van der Waals surface area contributed by atoms with Crippen LogP contribution in [0.1, 0.15) is 27.0 Å². The van der Waals surface area contributed by atoms with E-state index in [9.17, 15) is 9.59 Å². The molecule has 6 nitrogen and oxygen atoms in total. The molecule has 0 saturated carbocycles. The van der Waals surface area contributed by atoms with E-state index >= 15 is 0 Å². The predicted molar refractivity (Wildman–Crippen MR) is 116 cm³/mol. The molecule has 0 atom stereocenters. The number of amides is 2. The van der Waals surface area contributed by atoms with Gasteiger partial charge in [0, 0.05) is 5.56 Å². The molecule has 2 N–H and O–H groups in total. The van der Waals surface area contributed by atoms with Crippen molar-refractivity contribution < 1.29 is 14.3 Å². The molecule has 30 heavy (non-hydrogen) atoms. The number of nitrogens with one attached hydrogen (secondary N) is 2. The van der Waals surface area contributed by atoms with E-state index in [1.165, 1.54) is 6.21 Å². The number of hydrogen-bond donors (Lipinski definition) is 2. The standard InChI is InChI=1S/C24H23N3O3/c1-18-7-11-21(12-8-18)24(29)25-16-23(28)27-26-15-19-9-13-22(14-10-19)30-17-20-5-3-2-4-6-20/h2-15H,16-17H2,1H3,(H,25,29)(H,27,28)/b26-15+. The normalized spacial score (nSPS) is 10.6. The first-order chi connectivity index (χ1) is 14.6. The highest BCUT2D eigenvalue weighted by Crippen LogP contribution is 2.13. The minimum absolute atomic E-state index is 0.156. The lowest BCUT2D eigenvalue weighted by Crippen LogP contribution is -2.34. The lowest BCUT2D eigenvalue weighted by molar-refractivity contribution is -0.120. The minimum Gasteiger partial charge on any atom is -0.489 e. The van der Waals surface area contributed by atoms with Crippen LogP contribution in [0.25, 0.3) is 0 Å². The summed E-state index contributed by atoms with van der Waals surface area (Å²) in [5.41, 5.74) is 5.87. The number of ether oxygens (including phenoxy) is 1. The summed E-state index contributed by atoms with van der Waals surface area (Å²) < 4.78 is 5.73. The van der Waals surface area contributed by atoms with Gasteiger partial charge in [-0.25, -0.2) is 5.43 Å². The Morgan fingerprint density at radius 1 is 0.933 bits per heavy atom. The van der Waals surface area contributed by atoms with Crippen molar-refractivity contribution in [3.05, 3.63) is 101 Å². The summed E-state index contributed by atoms with van der Waals surface area (Å²) in [5.74, 6) is 0.0357. The first-order valence-electron chi connectivity index (χ1n) is 9.54. The Labute approximate surface area is 175 Å². The van der Waals surface area contributed by atoms with Crippen molar-refractivity contribution >= 4 is 18.0 Å². The van der Waals surface area contributed by atoms with Gasteiger partial charge < -0.3 is 10.1 Å². The fourth-order valence-electron chi connectivity index (χ4n) is 2.58. The van der Waals surface area contributed by atoms with Crippen LogP contribution in [-0.2, 0) is 11.4 Å². The molecule has 0 unspecified atom stereocenters. The van der Waals surface area contributed by atoms with Gasteiger partial charge in [-0.1, -0.05) is 48.0 Å². The van der Waals surface area contributed by atoms with Gasteiger partial charge in [-0.15, -0.1) is 0 Å². The quantitative estimate of drug-likeness (QED) is 0.448. The van der Waals surface area contributed by atoms with Crippen LogP contribution in [-0.4, -0.2) is 24.6 Å². The van der Waals surface area contributed by atoms with Crippen LogP contribution in [0.4, 0.5) is 0 Å². The summed E-state index contributed by atoms with van der Waals surface area (Å²) in [6, 6.07) is 24.4. The second-order valence-corrected chi connectivity index (χ2v) is 6.69. The molecule has 0 aliphatic carbocycles. The van der Waals surface area contributed by atoms with Crippen molar-refractivity contribution in [3.63, 3.8) is 0 Å². The van der Waals surface area contributed by atoms with Gasteiger partial charge in [-0.3, -0.25) is 9.59 Å². The third-order valence-corrected chi connectivity index (χ3v) is 4.25. The van der Waals surface area contributed by atoms with Crippen LogP contribution in [0.3, 0.4) is 0 Å². The van der Waals surface area contributed by atoms with E-state index in [1.54, 1.807) is 12.1 Å². The highest BCUT2D eigenvalue weighted by Gasteiger charge is 2.07. The lowest BCUT2D eigenvalue weighted by atomic mass is 10.1. The second kappa shape index (κ2) is 10.6. The molecule has 2 amide bonds. The van der Waals surface area contributed by atoms with Gasteiger partial charge in [0.2, 0.25) is 0 Å². The fourth-order valence-corrected chi connectivity index (χ4v) is 2.58. The smallest absolute Gasteiger partial charge is 0.259 e. The number of hydrazone groups is 1. The molecular weight excluding hydrogens is 378 g/mol.